The highest BCUT2D eigenvalue weighted by molar-refractivity contribution is 5.74. The van der Waals surface area contributed by atoms with Gasteiger partial charge in [-0.15, -0.1) is 0 Å². The number of fused-ring (bicyclic) bond motifs is 1. The van der Waals surface area contributed by atoms with Crippen LogP contribution in [0, 0.1) is 0 Å². The van der Waals surface area contributed by atoms with Crippen LogP contribution in [-0.4, -0.2) is 37.9 Å². The molecule has 0 bridgehead atoms. The molecule has 8 heteroatoms. The van der Waals surface area contributed by atoms with Gasteiger partial charge in [0.1, 0.15) is 0 Å². The van der Waals surface area contributed by atoms with Gasteiger partial charge < -0.3 is 14.6 Å². The van der Waals surface area contributed by atoms with Crippen LogP contribution in [-0.2, 0) is 20.6 Å². The first kappa shape index (κ1) is 17.0. The molecule has 3 rings (SSSR count). The van der Waals surface area contributed by atoms with Crippen LogP contribution >= 0.6 is 0 Å². The zero-order valence-corrected chi connectivity index (χ0v) is 14.7. The molecular formula is C17H21N5O3. The van der Waals surface area contributed by atoms with E-state index in [2.05, 4.69) is 4.98 Å². The minimum absolute atomic E-state index is 0.154. The van der Waals surface area contributed by atoms with Crippen molar-refractivity contribution in [3.05, 3.63) is 56.7 Å². The molecule has 0 aliphatic rings. The lowest BCUT2D eigenvalue weighted by Crippen LogP contribution is -2.37. The van der Waals surface area contributed by atoms with Gasteiger partial charge >= 0.3 is 5.69 Å². The molecule has 2 aromatic heterocycles. The van der Waals surface area contributed by atoms with Crippen LogP contribution in [0.15, 0.2) is 39.9 Å². The number of aryl methyl sites for hydroxylation is 1. The van der Waals surface area contributed by atoms with E-state index in [1.54, 1.807) is 30.6 Å². The second-order valence-electron chi connectivity index (χ2n) is 6.22. The van der Waals surface area contributed by atoms with Crippen LogP contribution in [0.4, 0.5) is 5.95 Å². The first-order chi connectivity index (χ1) is 11.8. The van der Waals surface area contributed by atoms with Crippen molar-refractivity contribution < 1.29 is 5.11 Å². The number of nitrogens with zero attached hydrogens (tertiary/aromatic N) is 5. The Labute approximate surface area is 144 Å². The fraction of sp³-hybridized carbons (Fsp3) is 0.353. The molecule has 25 heavy (non-hydrogen) atoms. The molecular weight excluding hydrogens is 322 g/mol. The van der Waals surface area contributed by atoms with Crippen LogP contribution in [0.3, 0.4) is 0 Å². The Kier molecular flexibility index (Phi) is 4.22. The molecule has 0 radical (unpaired) electrons. The summed E-state index contributed by atoms with van der Waals surface area (Å²) in [5.41, 5.74) is 0.478. The van der Waals surface area contributed by atoms with Crippen LogP contribution in [0.25, 0.3) is 11.2 Å². The summed E-state index contributed by atoms with van der Waals surface area (Å²) < 4.78 is 4.05. The van der Waals surface area contributed by atoms with Crippen molar-refractivity contribution in [2.45, 2.75) is 12.6 Å². The van der Waals surface area contributed by atoms with Crippen LogP contribution in [0.2, 0.25) is 0 Å². The van der Waals surface area contributed by atoms with Crippen molar-refractivity contribution in [2.24, 2.45) is 14.1 Å². The molecule has 0 saturated heterocycles. The Hall–Kier alpha value is -2.87. The molecule has 1 atom stereocenters. The van der Waals surface area contributed by atoms with Gasteiger partial charge in [0.15, 0.2) is 11.2 Å². The number of hydrogen-bond donors (Lipinski definition) is 1. The van der Waals surface area contributed by atoms with E-state index in [9.17, 15) is 14.7 Å². The number of anilines is 1. The SMILES string of the molecule is CN(C)c1nc2c(c(=O)n(C)c(=O)n2C)n1C[C@@H](O)c1ccccc1. The summed E-state index contributed by atoms with van der Waals surface area (Å²) in [6.07, 6.45) is -0.806. The molecule has 0 aliphatic heterocycles. The summed E-state index contributed by atoms with van der Waals surface area (Å²) in [7, 11) is 6.61. The van der Waals surface area contributed by atoms with Gasteiger partial charge in [-0.1, -0.05) is 30.3 Å². The van der Waals surface area contributed by atoms with Gasteiger partial charge in [-0.25, -0.2) is 4.79 Å². The standard InChI is InChI=1S/C17H21N5O3/c1-19(2)16-18-14-13(15(24)21(4)17(25)20(14)3)22(16)10-12(23)11-8-6-5-7-9-11/h5-9,12,23H,10H2,1-4H3/t12-/m1/s1. The lowest BCUT2D eigenvalue weighted by atomic mass is 10.1. The zero-order chi connectivity index (χ0) is 18.3. The summed E-state index contributed by atoms with van der Waals surface area (Å²) in [5.74, 6) is 0.503. The van der Waals surface area contributed by atoms with Crippen LogP contribution in [0.5, 0.6) is 0 Å². The van der Waals surface area contributed by atoms with E-state index in [0.717, 1.165) is 10.1 Å². The highest BCUT2D eigenvalue weighted by atomic mass is 16.3. The monoisotopic (exact) mass is 343 g/mol. The number of aliphatic hydroxyl groups excluding tert-OH is 1. The van der Waals surface area contributed by atoms with E-state index in [-0.39, 0.29) is 6.54 Å². The Morgan fingerprint density at radius 3 is 2.36 bits per heavy atom. The van der Waals surface area contributed by atoms with Crippen molar-refractivity contribution in [3.8, 4) is 0 Å². The lowest BCUT2D eigenvalue weighted by Gasteiger charge is -2.18. The summed E-state index contributed by atoms with van der Waals surface area (Å²) >= 11 is 0. The smallest absolute Gasteiger partial charge is 0.332 e. The molecule has 0 unspecified atom stereocenters. The van der Waals surface area contributed by atoms with Crippen molar-refractivity contribution in [1.82, 2.24) is 18.7 Å². The van der Waals surface area contributed by atoms with Crippen LogP contribution < -0.4 is 16.1 Å². The fourth-order valence-electron chi connectivity index (χ4n) is 2.90. The first-order valence-corrected chi connectivity index (χ1v) is 7.89. The van der Waals surface area contributed by atoms with Gasteiger partial charge in [0.25, 0.3) is 5.56 Å². The second-order valence-corrected chi connectivity index (χ2v) is 6.22. The Morgan fingerprint density at radius 2 is 1.76 bits per heavy atom. The molecule has 8 nitrogen and oxygen atoms in total. The van der Waals surface area contributed by atoms with Gasteiger partial charge in [0.2, 0.25) is 5.95 Å². The molecule has 0 saturated carbocycles. The van der Waals surface area contributed by atoms with Crippen molar-refractivity contribution in [3.63, 3.8) is 0 Å². The maximum atomic E-state index is 12.7. The minimum atomic E-state index is -0.806. The molecule has 1 N–H and O–H groups in total. The number of imidazole rings is 1. The molecule has 1 aromatic carbocycles. The van der Waals surface area contributed by atoms with Crippen molar-refractivity contribution in [1.29, 1.82) is 0 Å². The van der Waals surface area contributed by atoms with E-state index in [1.165, 1.54) is 11.6 Å². The van der Waals surface area contributed by atoms with Gasteiger partial charge in [0, 0.05) is 28.2 Å². The van der Waals surface area contributed by atoms with Gasteiger partial charge in [0.05, 0.1) is 12.6 Å². The minimum Gasteiger partial charge on any atom is -0.387 e. The molecule has 2 heterocycles. The van der Waals surface area contributed by atoms with E-state index in [0.29, 0.717) is 17.1 Å². The quantitative estimate of drug-likeness (QED) is 0.733. The molecule has 0 spiro atoms. The van der Waals surface area contributed by atoms with Gasteiger partial charge in [-0.3, -0.25) is 13.9 Å². The van der Waals surface area contributed by atoms with Crippen molar-refractivity contribution >= 4 is 17.1 Å². The van der Waals surface area contributed by atoms with Gasteiger partial charge in [-0.05, 0) is 5.56 Å². The number of aromatic nitrogens is 4. The third kappa shape index (κ3) is 2.74. The first-order valence-electron chi connectivity index (χ1n) is 7.89. The predicted octanol–water partition coefficient (Wildman–Crippen LogP) is 0.233. The number of rotatable bonds is 4. The zero-order valence-electron chi connectivity index (χ0n) is 14.7. The normalized spacial score (nSPS) is 12.5. The van der Waals surface area contributed by atoms with E-state index >= 15 is 0 Å². The Morgan fingerprint density at radius 1 is 1.12 bits per heavy atom. The molecule has 132 valence electrons. The van der Waals surface area contributed by atoms with E-state index in [4.69, 9.17) is 0 Å². The second kappa shape index (κ2) is 6.21. The highest BCUT2D eigenvalue weighted by Crippen LogP contribution is 2.22. The summed E-state index contributed by atoms with van der Waals surface area (Å²) in [4.78, 5) is 31.0. The highest BCUT2D eigenvalue weighted by Gasteiger charge is 2.22. The third-order valence-corrected chi connectivity index (χ3v) is 4.27. The maximum Gasteiger partial charge on any atom is 0.332 e. The topological polar surface area (TPSA) is 85.3 Å². The lowest BCUT2D eigenvalue weighted by molar-refractivity contribution is 0.158. The number of hydrogen-bond acceptors (Lipinski definition) is 5. The molecule has 0 amide bonds. The third-order valence-electron chi connectivity index (χ3n) is 4.27. The van der Waals surface area contributed by atoms with E-state index in [1.807, 2.05) is 30.3 Å². The predicted molar refractivity (Wildman–Crippen MR) is 95.9 cm³/mol. The summed E-state index contributed by atoms with van der Waals surface area (Å²) in [5, 5.41) is 10.6. The largest absolute Gasteiger partial charge is 0.387 e. The number of aliphatic hydroxyl groups is 1. The summed E-state index contributed by atoms with van der Waals surface area (Å²) in [6.45, 7) is 0.154. The van der Waals surface area contributed by atoms with Crippen molar-refractivity contribution in [2.75, 3.05) is 19.0 Å². The average molecular weight is 343 g/mol. The average Bonchev–Trinajstić information content (AvgIpc) is 2.98. The van der Waals surface area contributed by atoms with Crippen LogP contribution in [0.1, 0.15) is 11.7 Å². The Balaban J connectivity index is 2.24. The fourth-order valence-corrected chi connectivity index (χ4v) is 2.90. The molecule has 0 aliphatic carbocycles. The van der Waals surface area contributed by atoms with E-state index < -0.39 is 17.4 Å². The number of benzene rings is 1. The summed E-state index contributed by atoms with van der Waals surface area (Å²) in [6, 6.07) is 9.22. The maximum absolute atomic E-state index is 12.7. The Bertz CT molecular complexity index is 1030. The molecule has 3 aromatic rings. The molecule has 0 fully saturated rings. The van der Waals surface area contributed by atoms with Gasteiger partial charge in [-0.2, -0.15) is 4.98 Å².